The van der Waals surface area contributed by atoms with Gasteiger partial charge in [-0.1, -0.05) is 20.8 Å². The molecule has 0 saturated heterocycles. The van der Waals surface area contributed by atoms with E-state index in [1.165, 1.54) is 24.4 Å². The van der Waals surface area contributed by atoms with Crippen LogP contribution in [0.25, 0.3) is 0 Å². The highest BCUT2D eigenvalue weighted by Crippen LogP contribution is 2.32. The van der Waals surface area contributed by atoms with Gasteiger partial charge in [0.25, 0.3) is 0 Å². The van der Waals surface area contributed by atoms with E-state index in [1.807, 2.05) is 6.20 Å². The number of aromatic nitrogens is 2. The monoisotopic (exact) mass is 178 g/mol. The van der Waals surface area contributed by atoms with Crippen LogP contribution in [0.3, 0.4) is 0 Å². The van der Waals surface area contributed by atoms with Crippen LogP contribution in [0.4, 0.5) is 0 Å². The van der Waals surface area contributed by atoms with E-state index in [0.29, 0.717) is 0 Å². The summed E-state index contributed by atoms with van der Waals surface area (Å²) in [6.07, 6.45) is 5.92. The lowest BCUT2D eigenvalue weighted by Crippen LogP contribution is -2.11. The van der Waals surface area contributed by atoms with E-state index in [4.69, 9.17) is 0 Å². The van der Waals surface area contributed by atoms with E-state index in [0.717, 1.165) is 12.3 Å². The summed E-state index contributed by atoms with van der Waals surface area (Å²) in [5.74, 6) is 2.09. The molecule has 1 saturated carbocycles. The van der Waals surface area contributed by atoms with Gasteiger partial charge in [0.1, 0.15) is 5.82 Å². The number of H-pyrrole nitrogens is 1. The van der Waals surface area contributed by atoms with E-state index < -0.39 is 0 Å². The molecule has 0 spiro atoms. The summed E-state index contributed by atoms with van der Waals surface area (Å²) in [5, 5.41) is 0. The van der Waals surface area contributed by atoms with E-state index in [9.17, 15) is 0 Å². The molecule has 1 heterocycles. The van der Waals surface area contributed by atoms with Crippen molar-refractivity contribution in [3.8, 4) is 0 Å². The standard InChI is InChI=1S/C11H18N2/c1-11(2,3)9-7-12-10(13-9)6-8-4-5-8/h7-8H,4-6H2,1-3H3,(H,12,13). The molecule has 0 radical (unpaired) electrons. The average molecular weight is 178 g/mol. The molecule has 72 valence electrons. The highest BCUT2D eigenvalue weighted by molar-refractivity contribution is 5.12. The van der Waals surface area contributed by atoms with E-state index in [1.54, 1.807) is 0 Å². The molecule has 0 amide bonds. The van der Waals surface area contributed by atoms with Gasteiger partial charge in [0.2, 0.25) is 0 Å². The minimum Gasteiger partial charge on any atom is -0.345 e. The van der Waals surface area contributed by atoms with Crippen LogP contribution in [0.1, 0.15) is 45.1 Å². The molecule has 0 unspecified atom stereocenters. The molecule has 1 N–H and O–H groups in total. The third kappa shape index (κ3) is 2.11. The first-order valence-corrected chi connectivity index (χ1v) is 5.10. The Morgan fingerprint density at radius 2 is 2.15 bits per heavy atom. The summed E-state index contributed by atoms with van der Waals surface area (Å²) >= 11 is 0. The number of rotatable bonds is 2. The molecule has 0 aromatic carbocycles. The van der Waals surface area contributed by atoms with Crippen LogP contribution in [-0.4, -0.2) is 9.97 Å². The number of nitrogens with one attached hydrogen (secondary N) is 1. The van der Waals surface area contributed by atoms with Crippen LogP contribution in [-0.2, 0) is 11.8 Å². The molecule has 0 atom stereocenters. The maximum absolute atomic E-state index is 4.41. The first-order chi connectivity index (χ1) is 6.05. The van der Waals surface area contributed by atoms with Gasteiger partial charge < -0.3 is 4.98 Å². The Labute approximate surface area is 79.8 Å². The van der Waals surface area contributed by atoms with Crippen LogP contribution >= 0.6 is 0 Å². The summed E-state index contributed by atoms with van der Waals surface area (Å²) in [6.45, 7) is 6.63. The Morgan fingerprint density at radius 3 is 2.62 bits per heavy atom. The van der Waals surface area contributed by atoms with Crippen LogP contribution in [0, 0.1) is 5.92 Å². The summed E-state index contributed by atoms with van der Waals surface area (Å²) in [6, 6.07) is 0. The van der Waals surface area contributed by atoms with Crippen molar-refractivity contribution in [3.63, 3.8) is 0 Å². The predicted octanol–water partition coefficient (Wildman–Crippen LogP) is 2.66. The molecule has 0 bridgehead atoms. The van der Waals surface area contributed by atoms with Crippen LogP contribution < -0.4 is 0 Å². The van der Waals surface area contributed by atoms with Crippen LogP contribution in [0.15, 0.2) is 6.20 Å². The quantitative estimate of drug-likeness (QED) is 0.741. The van der Waals surface area contributed by atoms with Crippen molar-refractivity contribution in [2.24, 2.45) is 5.92 Å². The van der Waals surface area contributed by atoms with Crippen molar-refractivity contribution in [1.82, 2.24) is 9.97 Å². The van der Waals surface area contributed by atoms with Crippen molar-refractivity contribution >= 4 is 0 Å². The van der Waals surface area contributed by atoms with E-state index >= 15 is 0 Å². The molecule has 13 heavy (non-hydrogen) atoms. The topological polar surface area (TPSA) is 28.7 Å². The van der Waals surface area contributed by atoms with Gasteiger partial charge in [-0.05, 0) is 18.8 Å². The zero-order valence-electron chi connectivity index (χ0n) is 8.72. The Bertz CT molecular complexity index is 289. The average Bonchev–Trinajstić information content (AvgIpc) is 2.63. The highest BCUT2D eigenvalue weighted by atomic mass is 14.9. The smallest absolute Gasteiger partial charge is 0.106 e. The van der Waals surface area contributed by atoms with Gasteiger partial charge in [-0.3, -0.25) is 0 Å². The minimum atomic E-state index is 0.203. The number of nitrogens with zero attached hydrogens (tertiary/aromatic N) is 1. The Balaban J connectivity index is 2.08. The minimum absolute atomic E-state index is 0.203. The zero-order valence-corrected chi connectivity index (χ0v) is 8.72. The molecular formula is C11H18N2. The molecule has 2 rings (SSSR count). The fraction of sp³-hybridized carbons (Fsp3) is 0.727. The highest BCUT2D eigenvalue weighted by Gasteiger charge is 2.24. The number of hydrogen-bond acceptors (Lipinski definition) is 1. The maximum Gasteiger partial charge on any atom is 0.106 e. The fourth-order valence-corrected chi connectivity index (χ4v) is 1.44. The lowest BCUT2D eigenvalue weighted by molar-refractivity contribution is 0.570. The molecular weight excluding hydrogens is 160 g/mol. The normalized spacial score (nSPS) is 17.8. The predicted molar refractivity (Wildman–Crippen MR) is 53.7 cm³/mol. The molecule has 1 aromatic heterocycles. The summed E-state index contributed by atoms with van der Waals surface area (Å²) in [7, 11) is 0. The largest absolute Gasteiger partial charge is 0.345 e. The Morgan fingerprint density at radius 1 is 1.46 bits per heavy atom. The van der Waals surface area contributed by atoms with Gasteiger partial charge in [-0.2, -0.15) is 0 Å². The Hall–Kier alpha value is -0.790. The molecule has 2 nitrogen and oxygen atoms in total. The number of hydrogen-bond donors (Lipinski definition) is 1. The summed E-state index contributed by atoms with van der Waals surface area (Å²) in [5.41, 5.74) is 1.46. The number of aromatic amines is 1. The second-order valence-corrected chi connectivity index (χ2v) is 5.14. The lowest BCUT2D eigenvalue weighted by atomic mass is 9.93. The van der Waals surface area contributed by atoms with Crippen molar-refractivity contribution < 1.29 is 0 Å². The van der Waals surface area contributed by atoms with Gasteiger partial charge >= 0.3 is 0 Å². The van der Waals surface area contributed by atoms with Crippen molar-refractivity contribution in [2.45, 2.75) is 45.4 Å². The summed E-state index contributed by atoms with van der Waals surface area (Å²) < 4.78 is 0. The molecule has 1 aliphatic rings. The Kier molecular flexibility index (Phi) is 1.94. The third-order valence-electron chi connectivity index (χ3n) is 2.62. The van der Waals surface area contributed by atoms with E-state index in [-0.39, 0.29) is 5.41 Å². The first-order valence-electron chi connectivity index (χ1n) is 5.10. The molecule has 1 aromatic rings. The summed E-state index contributed by atoms with van der Waals surface area (Å²) in [4.78, 5) is 7.82. The van der Waals surface area contributed by atoms with Crippen LogP contribution in [0.5, 0.6) is 0 Å². The van der Waals surface area contributed by atoms with Gasteiger partial charge in [0.05, 0.1) is 0 Å². The SMILES string of the molecule is CC(C)(C)c1cnc(CC2CC2)[nH]1. The maximum atomic E-state index is 4.41. The van der Waals surface area contributed by atoms with Gasteiger partial charge in [0.15, 0.2) is 0 Å². The lowest BCUT2D eigenvalue weighted by Gasteiger charge is -2.15. The molecule has 1 aliphatic carbocycles. The van der Waals surface area contributed by atoms with Crippen molar-refractivity contribution in [3.05, 3.63) is 17.7 Å². The van der Waals surface area contributed by atoms with Crippen molar-refractivity contribution in [1.29, 1.82) is 0 Å². The number of imidazole rings is 1. The molecule has 2 heteroatoms. The van der Waals surface area contributed by atoms with Gasteiger partial charge in [-0.25, -0.2) is 4.98 Å². The fourth-order valence-electron chi connectivity index (χ4n) is 1.44. The van der Waals surface area contributed by atoms with Gasteiger partial charge in [0, 0.05) is 23.7 Å². The zero-order chi connectivity index (χ0) is 9.47. The van der Waals surface area contributed by atoms with E-state index in [2.05, 4.69) is 30.7 Å². The first kappa shape index (κ1) is 8.79. The van der Waals surface area contributed by atoms with Crippen molar-refractivity contribution in [2.75, 3.05) is 0 Å². The second kappa shape index (κ2) is 2.86. The van der Waals surface area contributed by atoms with Gasteiger partial charge in [-0.15, -0.1) is 0 Å². The molecule has 1 fully saturated rings. The third-order valence-corrected chi connectivity index (χ3v) is 2.62. The molecule has 0 aliphatic heterocycles. The van der Waals surface area contributed by atoms with Crippen LogP contribution in [0.2, 0.25) is 0 Å². The second-order valence-electron chi connectivity index (χ2n) is 5.14.